The summed E-state index contributed by atoms with van der Waals surface area (Å²) in [6.45, 7) is 0.829. The molecule has 2 aromatic carbocycles. The fourth-order valence-electron chi connectivity index (χ4n) is 4.18. The van der Waals surface area contributed by atoms with Crippen LogP contribution in [0.2, 0.25) is 5.02 Å². The van der Waals surface area contributed by atoms with Gasteiger partial charge in [-0.05, 0) is 66.9 Å². The molecule has 4 aromatic rings. The van der Waals surface area contributed by atoms with E-state index >= 15 is 0 Å². The molecule has 2 aromatic heterocycles. The SMILES string of the molecule is O=C(c1cccn2c(-c3ccc(F)cc3)nnc12)N1CCC(O)(c2ccc(Cl)cc2)CC1. The highest BCUT2D eigenvalue weighted by atomic mass is 35.5. The van der Waals surface area contributed by atoms with Gasteiger partial charge < -0.3 is 10.0 Å². The lowest BCUT2D eigenvalue weighted by molar-refractivity contribution is -0.0211. The lowest BCUT2D eigenvalue weighted by Crippen LogP contribution is -2.45. The molecule has 3 heterocycles. The van der Waals surface area contributed by atoms with Crippen molar-refractivity contribution in [3.63, 3.8) is 0 Å². The van der Waals surface area contributed by atoms with Crippen molar-refractivity contribution in [3.05, 3.63) is 88.8 Å². The number of fused-ring (bicyclic) bond motifs is 1. The number of hydrogen-bond donors (Lipinski definition) is 1. The van der Waals surface area contributed by atoms with E-state index in [0.29, 0.717) is 53.6 Å². The molecular weight excluding hydrogens is 431 g/mol. The number of carbonyl (C=O) groups is 1. The molecule has 0 atom stereocenters. The van der Waals surface area contributed by atoms with Crippen LogP contribution in [0.15, 0.2) is 66.9 Å². The Bertz CT molecular complexity index is 1280. The number of aromatic nitrogens is 3. The van der Waals surface area contributed by atoms with Crippen molar-refractivity contribution in [3.8, 4) is 11.4 Å². The quantitative estimate of drug-likeness (QED) is 0.505. The van der Waals surface area contributed by atoms with Crippen LogP contribution in [0.5, 0.6) is 0 Å². The molecule has 1 fully saturated rings. The van der Waals surface area contributed by atoms with E-state index in [2.05, 4.69) is 10.2 Å². The Morgan fingerprint density at radius 1 is 1.00 bits per heavy atom. The number of halogens is 2. The van der Waals surface area contributed by atoms with Gasteiger partial charge in [0.25, 0.3) is 5.91 Å². The lowest BCUT2D eigenvalue weighted by atomic mass is 9.84. The molecule has 1 N–H and O–H groups in total. The molecule has 0 aliphatic carbocycles. The van der Waals surface area contributed by atoms with Crippen LogP contribution in [0, 0.1) is 5.82 Å². The van der Waals surface area contributed by atoms with Crippen LogP contribution in [0.25, 0.3) is 17.0 Å². The molecule has 1 amide bonds. The average molecular weight is 451 g/mol. The first-order valence-corrected chi connectivity index (χ1v) is 10.7. The van der Waals surface area contributed by atoms with Gasteiger partial charge in [-0.1, -0.05) is 23.7 Å². The molecule has 32 heavy (non-hydrogen) atoms. The first-order chi connectivity index (χ1) is 15.4. The molecule has 0 unspecified atom stereocenters. The standard InChI is InChI=1S/C24H20ClFN4O2/c25-18-7-5-17(6-8-18)24(32)11-14-29(15-12-24)23(31)20-2-1-13-30-21(27-28-22(20)30)16-3-9-19(26)10-4-16/h1-10,13,32H,11-12,14-15H2. The first kappa shape index (κ1) is 20.6. The number of benzene rings is 2. The number of piperidine rings is 1. The van der Waals surface area contributed by atoms with Crippen LogP contribution in [0.4, 0.5) is 4.39 Å². The number of pyridine rings is 1. The Kier molecular flexibility index (Phi) is 5.15. The smallest absolute Gasteiger partial charge is 0.257 e. The van der Waals surface area contributed by atoms with Crippen LogP contribution in [0.3, 0.4) is 0 Å². The predicted molar refractivity (Wildman–Crippen MR) is 119 cm³/mol. The summed E-state index contributed by atoms with van der Waals surface area (Å²) in [4.78, 5) is 15.0. The summed E-state index contributed by atoms with van der Waals surface area (Å²) in [6, 6.07) is 16.6. The molecular formula is C24H20ClFN4O2. The second kappa shape index (κ2) is 8.00. The molecule has 162 valence electrons. The third kappa shape index (κ3) is 3.63. The Hall–Kier alpha value is -3.29. The summed E-state index contributed by atoms with van der Waals surface area (Å²) in [5.41, 5.74) is 1.39. The molecule has 1 aliphatic rings. The van der Waals surface area contributed by atoms with E-state index in [1.165, 1.54) is 12.1 Å². The van der Waals surface area contributed by atoms with Gasteiger partial charge in [0.15, 0.2) is 11.5 Å². The van der Waals surface area contributed by atoms with Crippen LogP contribution >= 0.6 is 11.6 Å². The molecule has 1 saturated heterocycles. The molecule has 0 radical (unpaired) electrons. The molecule has 0 bridgehead atoms. The van der Waals surface area contributed by atoms with Crippen molar-refractivity contribution in [2.45, 2.75) is 18.4 Å². The van der Waals surface area contributed by atoms with Gasteiger partial charge in [0.2, 0.25) is 0 Å². The fraction of sp³-hybridized carbons (Fsp3) is 0.208. The zero-order valence-corrected chi connectivity index (χ0v) is 17.8. The Labute approximate surface area is 188 Å². The monoisotopic (exact) mass is 450 g/mol. The van der Waals surface area contributed by atoms with E-state index in [1.54, 1.807) is 51.9 Å². The summed E-state index contributed by atoms with van der Waals surface area (Å²) < 4.78 is 15.0. The second-order valence-corrected chi connectivity index (χ2v) is 8.41. The van der Waals surface area contributed by atoms with Crippen molar-refractivity contribution in [1.82, 2.24) is 19.5 Å². The average Bonchev–Trinajstić information content (AvgIpc) is 3.24. The largest absolute Gasteiger partial charge is 0.385 e. The summed E-state index contributed by atoms with van der Waals surface area (Å²) >= 11 is 5.96. The summed E-state index contributed by atoms with van der Waals surface area (Å²) in [6.07, 6.45) is 2.63. The zero-order chi connectivity index (χ0) is 22.3. The minimum atomic E-state index is -0.988. The van der Waals surface area contributed by atoms with Gasteiger partial charge in [0, 0.05) is 29.9 Å². The Morgan fingerprint density at radius 2 is 1.69 bits per heavy atom. The Morgan fingerprint density at radius 3 is 2.38 bits per heavy atom. The number of aliphatic hydroxyl groups is 1. The van der Waals surface area contributed by atoms with E-state index in [1.807, 2.05) is 12.1 Å². The lowest BCUT2D eigenvalue weighted by Gasteiger charge is -2.38. The number of rotatable bonds is 3. The number of nitrogens with zero attached hydrogens (tertiary/aromatic N) is 4. The van der Waals surface area contributed by atoms with Crippen molar-refractivity contribution < 1.29 is 14.3 Å². The predicted octanol–water partition coefficient (Wildman–Crippen LogP) is 4.31. The summed E-state index contributed by atoms with van der Waals surface area (Å²) in [5.74, 6) is 0.0410. The maximum atomic E-state index is 13.3. The van der Waals surface area contributed by atoms with Crippen LogP contribution in [-0.2, 0) is 5.60 Å². The van der Waals surface area contributed by atoms with Gasteiger partial charge in [-0.2, -0.15) is 0 Å². The Balaban J connectivity index is 1.39. The van der Waals surface area contributed by atoms with Crippen molar-refractivity contribution in [2.24, 2.45) is 0 Å². The molecule has 0 saturated carbocycles. The summed E-state index contributed by atoms with van der Waals surface area (Å²) in [7, 11) is 0. The fourth-order valence-corrected chi connectivity index (χ4v) is 4.30. The van der Waals surface area contributed by atoms with Gasteiger partial charge in [0.1, 0.15) is 5.82 Å². The van der Waals surface area contributed by atoms with E-state index in [-0.39, 0.29) is 11.7 Å². The second-order valence-electron chi connectivity index (χ2n) is 7.98. The molecule has 1 aliphatic heterocycles. The highest BCUT2D eigenvalue weighted by Crippen LogP contribution is 2.34. The minimum absolute atomic E-state index is 0.160. The third-order valence-electron chi connectivity index (χ3n) is 6.03. The van der Waals surface area contributed by atoms with Crippen molar-refractivity contribution in [1.29, 1.82) is 0 Å². The number of likely N-dealkylation sites (tertiary alicyclic amines) is 1. The topological polar surface area (TPSA) is 70.7 Å². The van der Waals surface area contributed by atoms with Crippen molar-refractivity contribution in [2.75, 3.05) is 13.1 Å². The van der Waals surface area contributed by atoms with Gasteiger partial charge in [0.05, 0.1) is 11.2 Å². The van der Waals surface area contributed by atoms with Gasteiger partial charge >= 0.3 is 0 Å². The minimum Gasteiger partial charge on any atom is -0.385 e. The maximum absolute atomic E-state index is 13.3. The van der Waals surface area contributed by atoms with E-state index in [0.717, 1.165) is 5.56 Å². The molecule has 5 rings (SSSR count). The number of amides is 1. The van der Waals surface area contributed by atoms with E-state index < -0.39 is 5.60 Å². The van der Waals surface area contributed by atoms with Crippen LogP contribution in [0.1, 0.15) is 28.8 Å². The number of carbonyl (C=O) groups excluding carboxylic acids is 1. The van der Waals surface area contributed by atoms with Crippen LogP contribution in [-0.4, -0.2) is 43.6 Å². The molecule has 6 nitrogen and oxygen atoms in total. The molecule has 0 spiro atoms. The third-order valence-corrected chi connectivity index (χ3v) is 6.28. The highest BCUT2D eigenvalue weighted by Gasteiger charge is 2.36. The number of hydrogen-bond acceptors (Lipinski definition) is 4. The van der Waals surface area contributed by atoms with Gasteiger partial charge in [-0.3, -0.25) is 9.20 Å². The van der Waals surface area contributed by atoms with E-state index in [4.69, 9.17) is 11.6 Å². The van der Waals surface area contributed by atoms with E-state index in [9.17, 15) is 14.3 Å². The normalized spacial score (nSPS) is 15.8. The maximum Gasteiger partial charge on any atom is 0.257 e. The first-order valence-electron chi connectivity index (χ1n) is 10.3. The van der Waals surface area contributed by atoms with Crippen molar-refractivity contribution >= 4 is 23.2 Å². The summed E-state index contributed by atoms with van der Waals surface area (Å²) in [5, 5.41) is 20.2. The van der Waals surface area contributed by atoms with Gasteiger partial charge in [-0.15, -0.1) is 10.2 Å². The highest BCUT2D eigenvalue weighted by molar-refractivity contribution is 6.30. The molecule has 8 heteroatoms. The van der Waals surface area contributed by atoms with Crippen LogP contribution < -0.4 is 0 Å². The van der Waals surface area contributed by atoms with Gasteiger partial charge in [-0.25, -0.2) is 4.39 Å². The zero-order valence-electron chi connectivity index (χ0n) is 17.1.